The number of morpholine rings is 1. The van der Waals surface area contributed by atoms with E-state index in [4.69, 9.17) is 10.5 Å². The van der Waals surface area contributed by atoms with Crippen LogP contribution in [0.2, 0.25) is 0 Å². The van der Waals surface area contributed by atoms with Crippen LogP contribution in [-0.2, 0) is 4.74 Å². The Bertz CT molecular complexity index is 255. The summed E-state index contributed by atoms with van der Waals surface area (Å²) >= 11 is 0. The number of nitrogens with two attached hydrogens (primary N) is 1. The zero-order chi connectivity index (χ0) is 13.7. The second kappa shape index (κ2) is 7.61. The van der Waals surface area contributed by atoms with Gasteiger partial charge in [-0.25, -0.2) is 0 Å². The molecule has 1 aliphatic carbocycles. The number of rotatable bonds is 6. The van der Waals surface area contributed by atoms with E-state index in [0.29, 0.717) is 18.1 Å². The van der Waals surface area contributed by atoms with Crippen LogP contribution in [0.5, 0.6) is 0 Å². The van der Waals surface area contributed by atoms with Crippen molar-refractivity contribution in [2.24, 2.45) is 17.6 Å². The summed E-state index contributed by atoms with van der Waals surface area (Å²) in [5, 5.41) is 0. The van der Waals surface area contributed by atoms with Crippen molar-refractivity contribution in [1.29, 1.82) is 0 Å². The molecule has 2 fully saturated rings. The van der Waals surface area contributed by atoms with Crippen molar-refractivity contribution >= 4 is 0 Å². The van der Waals surface area contributed by atoms with E-state index in [-0.39, 0.29) is 0 Å². The van der Waals surface area contributed by atoms with Gasteiger partial charge in [-0.15, -0.1) is 0 Å². The van der Waals surface area contributed by atoms with Crippen molar-refractivity contribution < 1.29 is 4.74 Å². The number of fused-ring (bicyclic) bond motifs is 1. The summed E-state index contributed by atoms with van der Waals surface area (Å²) in [5.41, 5.74) is 5.93. The van der Waals surface area contributed by atoms with Gasteiger partial charge in [0.25, 0.3) is 0 Å². The third-order valence-electron chi connectivity index (χ3n) is 4.81. The first-order chi connectivity index (χ1) is 9.20. The molecule has 1 saturated heterocycles. The van der Waals surface area contributed by atoms with Crippen LogP contribution in [0.4, 0.5) is 0 Å². The van der Waals surface area contributed by atoms with Gasteiger partial charge in [-0.1, -0.05) is 26.7 Å². The molecule has 0 aromatic carbocycles. The number of hydrogen-bond acceptors (Lipinski definition) is 3. The number of nitrogens with zero attached hydrogens (tertiary/aromatic N) is 1. The van der Waals surface area contributed by atoms with Crippen LogP contribution in [0.1, 0.15) is 52.4 Å². The molecule has 1 aliphatic heterocycles. The largest absolute Gasteiger partial charge is 0.375 e. The predicted molar refractivity (Wildman–Crippen MR) is 80.2 cm³/mol. The Morgan fingerprint density at radius 1 is 1.26 bits per heavy atom. The van der Waals surface area contributed by atoms with Gasteiger partial charge in [-0.2, -0.15) is 0 Å². The molecular formula is C16H32N2O. The highest BCUT2D eigenvalue weighted by Crippen LogP contribution is 2.29. The topological polar surface area (TPSA) is 38.5 Å². The first kappa shape index (κ1) is 15.3. The van der Waals surface area contributed by atoms with Crippen LogP contribution in [0.25, 0.3) is 0 Å². The lowest BCUT2D eigenvalue weighted by molar-refractivity contribution is -0.0891. The fourth-order valence-corrected chi connectivity index (χ4v) is 3.80. The number of ether oxygens (including phenoxy) is 1. The molecule has 1 heterocycles. The predicted octanol–water partition coefficient (Wildman–Crippen LogP) is 2.64. The molecule has 3 heteroatoms. The van der Waals surface area contributed by atoms with E-state index in [2.05, 4.69) is 18.7 Å². The minimum atomic E-state index is 0.518. The fourth-order valence-electron chi connectivity index (χ4n) is 3.80. The SMILES string of the molecule is CC(C)CC(CN)CCN1CCOC2CCCCC21. The summed E-state index contributed by atoms with van der Waals surface area (Å²) in [6.07, 6.45) is 8.40. The molecule has 2 rings (SSSR count). The summed E-state index contributed by atoms with van der Waals surface area (Å²) in [6.45, 7) is 8.72. The molecule has 0 radical (unpaired) electrons. The third kappa shape index (κ3) is 4.44. The van der Waals surface area contributed by atoms with Gasteiger partial charge in [-0.05, 0) is 50.6 Å². The van der Waals surface area contributed by atoms with E-state index < -0.39 is 0 Å². The minimum absolute atomic E-state index is 0.518. The van der Waals surface area contributed by atoms with Crippen LogP contribution in [-0.4, -0.2) is 43.3 Å². The third-order valence-corrected chi connectivity index (χ3v) is 4.81. The lowest BCUT2D eigenvalue weighted by Crippen LogP contribution is -2.53. The highest BCUT2D eigenvalue weighted by molar-refractivity contribution is 4.87. The van der Waals surface area contributed by atoms with E-state index in [1.807, 2.05) is 0 Å². The van der Waals surface area contributed by atoms with Gasteiger partial charge in [0.1, 0.15) is 0 Å². The van der Waals surface area contributed by atoms with Crippen LogP contribution < -0.4 is 5.73 Å². The zero-order valence-corrected chi connectivity index (χ0v) is 12.8. The monoisotopic (exact) mass is 268 g/mol. The first-order valence-electron chi connectivity index (χ1n) is 8.26. The van der Waals surface area contributed by atoms with E-state index in [9.17, 15) is 0 Å². The van der Waals surface area contributed by atoms with Crippen molar-refractivity contribution in [2.45, 2.75) is 64.5 Å². The molecule has 0 spiro atoms. The molecule has 112 valence electrons. The summed E-state index contributed by atoms with van der Waals surface area (Å²) in [5.74, 6) is 1.46. The van der Waals surface area contributed by atoms with Gasteiger partial charge in [0.05, 0.1) is 12.7 Å². The molecule has 3 atom stereocenters. The fraction of sp³-hybridized carbons (Fsp3) is 1.00. The molecule has 0 bridgehead atoms. The van der Waals surface area contributed by atoms with Crippen LogP contribution >= 0.6 is 0 Å². The summed E-state index contributed by atoms with van der Waals surface area (Å²) in [4.78, 5) is 2.69. The van der Waals surface area contributed by atoms with Crippen molar-refractivity contribution in [1.82, 2.24) is 4.90 Å². The zero-order valence-electron chi connectivity index (χ0n) is 12.8. The average molecular weight is 268 g/mol. The molecular weight excluding hydrogens is 236 g/mol. The molecule has 0 aromatic rings. The van der Waals surface area contributed by atoms with Crippen molar-refractivity contribution in [2.75, 3.05) is 26.2 Å². The van der Waals surface area contributed by atoms with Gasteiger partial charge in [0.15, 0.2) is 0 Å². The maximum Gasteiger partial charge on any atom is 0.0730 e. The maximum atomic E-state index is 5.94. The van der Waals surface area contributed by atoms with E-state index >= 15 is 0 Å². The Kier molecular flexibility index (Phi) is 6.11. The van der Waals surface area contributed by atoms with Crippen molar-refractivity contribution in [3.05, 3.63) is 0 Å². The maximum absolute atomic E-state index is 5.94. The molecule has 1 saturated carbocycles. The average Bonchev–Trinajstić information content (AvgIpc) is 2.43. The lowest BCUT2D eigenvalue weighted by atomic mass is 9.89. The van der Waals surface area contributed by atoms with Gasteiger partial charge < -0.3 is 10.5 Å². The van der Waals surface area contributed by atoms with E-state index in [1.54, 1.807) is 0 Å². The smallest absolute Gasteiger partial charge is 0.0730 e. The summed E-state index contributed by atoms with van der Waals surface area (Å²) in [7, 11) is 0. The standard InChI is InChI=1S/C16H32N2O/c1-13(2)11-14(12-17)7-8-18-9-10-19-16-6-4-3-5-15(16)18/h13-16H,3-12,17H2,1-2H3. The van der Waals surface area contributed by atoms with E-state index in [0.717, 1.165) is 25.6 Å². The minimum Gasteiger partial charge on any atom is -0.375 e. The Morgan fingerprint density at radius 2 is 2.05 bits per heavy atom. The Balaban J connectivity index is 1.80. The highest BCUT2D eigenvalue weighted by Gasteiger charge is 2.33. The van der Waals surface area contributed by atoms with Crippen molar-refractivity contribution in [3.63, 3.8) is 0 Å². The highest BCUT2D eigenvalue weighted by atomic mass is 16.5. The number of hydrogen-bond donors (Lipinski definition) is 1. The van der Waals surface area contributed by atoms with Crippen LogP contribution in [0.3, 0.4) is 0 Å². The van der Waals surface area contributed by atoms with Gasteiger partial charge in [0, 0.05) is 12.6 Å². The lowest BCUT2D eigenvalue weighted by Gasteiger charge is -2.44. The quantitative estimate of drug-likeness (QED) is 0.805. The summed E-state index contributed by atoms with van der Waals surface area (Å²) < 4.78 is 5.94. The van der Waals surface area contributed by atoms with Crippen LogP contribution in [0.15, 0.2) is 0 Å². The molecule has 0 aromatic heterocycles. The molecule has 2 N–H and O–H groups in total. The van der Waals surface area contributed by atoms with E-state index in [1.165, 1.54) is 45.1 Å². The van der Waals surface area contributed by atoms with Crippen LogP contribution in [0, 0.1) is 11.8 Å². The molecule has 19 heavy (non-hydrogen) atoms. The second-order valence-corrected chi connectivity index (χ2v) is 6.82. The Hall–Kier alpha value is -0.120. The Morgan fingerprint density at radius 3 is 2.79 bits per heavy atom. The van der Waals surface area contributed by atoms with Gasteiger partial charge in [0.2, 0.25) is 0 Å². The first-order valence-corrected chi connectivity index (χ1v) is 8.26. The summed E-state index contributed by atoms with van der Waals surface area (Å²) in [6, 6.07) is 0.694. The molecule has 2 aliphatic rings. The Labute approximate surface area is 118 Å². The normalized spacial score (nSPS) is 30.3. The molecule has 3 nitrogen and oxygen atoms in total. The molecule has 3 unspecified atom stereocenters. The van der Waals surface area contributed by atoms with Crippen molar-refractivity contribution in [3.8, 4) is 0 Å². The van der Waals surface area contributed by atoms with Gasteiger partial charge >= 0.3 is 0 Å². The second-order valence-electron chi connectivity index (χ2n) is 6.82. The molecule has 0 amide bonds. The van der Waals surface area contributed by atoms with Gasteiger partial charge in [-0.3, -0.25) is 4.90 Å².